The zero-order valence-electron chi connectivity index (χ0n) is 9.03. The van der Waals surface area contributed by atoms with E-state index in [0.717, 1.165) is 0 Å². The molecule has 0 atom stereocenters. The monoisotopic (exact) mass is 231 g/mol. The van der Waals surface area contributed by atoms with Gasteiger partial charge in [0.05, 0.1) is 7.11 Å². The third kappa shape index (κ3) is 3.19. The molecule has 17 heavy (non-hydrogen) atoms. The number of benzene rings is 1. The fourth-order valence-electron chi connectivity index (χ4n) is 1.18. The highest BCUT2D eigenvalue weighted by Crippen LogP contribution is 2.13. The minimum absolute atomic E-state index is 0.204. The van der Waals surface area contributed by atoms with Gasteiger partial charge in [0.2, 0.25) is 0 Å². The molecule has 0 aliphatic carbocycles. The largest absolute Gasteiger partial charge is 0.466 e. The SMILES string of the molecule is COC(=O)/C(=C/c1ccccc1C=O)N=[N+]=[N-]. The molecule has 0 N–H and O–H groups in total. The van der Waals surface area contributed by atoms with Gasteiger partial charge < -0.3 is 4.74 Å². The van der Waals surface area contributed by atoms with Gasteiger partial charge in [-0.05, 0) is 17.2 Å². The van der Waals surface area contributed by atoms with Gasteiger partial charge in [-0.2, -0.15) is 0 Å². The highest BCUT2D eigenvalue weighted by Gasteiger charge is 2.08. The minimum Gasteiger partial charge on any atom is -0.466 e. The van der Waals surface area contributed by atoms with Gasteiger partial charge in [0.15, 0.2) is 6.29 Å². The Bertz CT molecular complexity index is 516. The molecule has 1 aromatic rings. The molecule has 1 rings (SSSR count). The lowest BCUT2D eigenvalue weighted by Gasteiger charge is -2.01. The Labute approximate surface area is 97.1 Å². The predicted octanol–water partition coefficient (Wildman–Crippen LogP) is 2.32. The van der Waals surface area contributed by atoms with Crippen LogP contribution < -0.4 is 0 Å². The molecule has 0 unspecified atom stereocenters. The summed E-state index contributed by atoms with van der Waals surface area (Å²) in [4.78, 5) is 24.5. The van der Waals surface area contributed by atoms with Crippen molar-refractivity contribution in [3.05, 3.63) is 51.5 Å². The lowest BCUT2D eigenvalue weighted by atomic mass is 10.1. The molecular formula is C11H9N3O3. The average molecular weight is 231 g/mol. The first-order valence-electron chi connectivity index (χ1n) is 4.62. The number of hydrogen-bond donors (Lipinski definition) is 0. The van der Waals surface area contributed by atoms with Gasteiger partial charge in [0, 0.05) is 10.5 Å². The van der Waals surface area contributed by atoms with Crippen LogP contribution in [-0.2, 0) is 9.53 Å². The number of carbonyl (C=O) groups excluding carboxylic acids is 2. The smallest absolute Gasteiger partial charge is 0.340 e. The van der Waals surface area contributed by atoms with E-state index in [0.29, 0.717) is 17.4 Å². The molecule has 0 saturated carbocycles. The number of hydrogen-bond acceptors (Lipinski definition) is 4. The zero-order chi connectivity index (χ0) is 12.7. The first-order chi connectivity index (χ1) is 8.22. The van der Waals surface area contributed by atoms with Crippen molar-refractivity contribution in [1.82, 2.24) is 0 Å². The highest BCUT2D eigenvalue weighted by atomic mass is 16.5. The summed E-state index contributed by atoms with van der Waals surface area (Å²) in [5.74, 6) is -0.761. The highest BCUT2D eigenvalue weighted by molar-refractivity contribution is 5.95. The van der Waals surface area contributed by atoms with E-state index >= 15 is 0 Å². The molecule has 0 aromatic heterocycles. The van der Waals surface area contributed by atoms with Crippen LogP contribution in [0.2, 0.25) is 0 Å². The molecule has 0 fully saturated rings. The van der Waals surface area contributed by atoms with Crippen molar-refractivity contribution in [2.75, 3.05) is 7.11 Å². The number of methoxy groups -OCH3 is 1. The number of azide groups is 1. The van der Waals surface area contributed by atoms with Crippen molar-refractivity contribution in [2.45, 2.75) is 0 Å². The average Bonchev–Trinajstić information content (AvgIpc) is 2.38. The van der Waals surface area contributed by atoms with Crippen LogP contribution in [-0.4, -0.2) is 19.4 Å². The Kier molecular flexibility index (Phi) is 4.47. The number of rotatable bonds is 4. The Morgan fingerprint density at radius 3 is 2.59 bits per heavy atom. The predicted molar refractivity (Wildman–Crippen MR) is 61.0 cm³/mol. The van der Waals surface area contributed by atoms with E-state index in [1.54, 1.807) is 24.3 Å². The van der Waals surface area contributed by atoms with Gasteiger partial charge in [0.25, 0.3) is 0 Å². The van der Waals surface area contributed by atoms with Crippen molar-refractivity contribution in [3.8, 4) is 0 Å². The maximum absolute atomic E-state index is 11.3. The summed E-state index contributed by atoms with van der Waals surface area (Å²) in [6, 6.07) is 6.60. The van der Waals surface area contributed by atoms with E-state index in [1.807, 2.05) is 0 Å². The van der Waals surface area contributed by atoms with Gasteiger partial charge >= 0.3 is 5.97 Å². The molecular weight excluding hydrogens is 222 g/mol. The van der Waals surface area contributed by atoms with Gasteiger partial charge in [-0.1, -0.05) is 29.4 Å². The van der Waals surface area contributed by atoms with Crippen molar-refractivity contribution >= 4 is 18.3 Å². The molecule has 0 aliphatic heterocycles. The Hall–Kier alpha value is -2.59. The Morgan fingerprint density at radius 1 is 1.41 bits per heavy atom. The van der Waals surface area contributed by atoms with E-state index in [2.05, 4.69) is 14.8 Å². The maximum Gasteiger partial charge on any atom is 0.340 e. The van der Waals surface area contributed by atoms with Crippen molar-refractivity contribution < 1.29 is 14.3 Å². The fraction of sp³-hybridized carbons (Fsp3) is 0.0909. The van der Waals surface area contributed by atoms with E-state index in [4.69, 9.17) is 5.53 Å². The van der Waals surface area contributed by atoms with E-state index in [1.165, 1.54) is 13.2 Å². The summed E-state index contributed by atoms with van der Waals surface area (Å²) in [6.07, 6.45) is 1.95. The molecule has 1 aromatic carbocycles. The van der Waals surface area contributed by atoms with Crippen molar-refractivity contribution in [1.29, 1.82) is 0 Å². The standard InChI is InChI=1S/C11H9N3O3/c1-17-11(16)10(13-14-12)6-8-4-2-3-5-9(8)7-15/h2-7H,1H3/b10-6-. The number of carbonyl (C=O) groups is 2. The lowest BCUT2D eigenvalue weighted by molar-refractivity contribution is -0.136. The van der Waals surface area contributed by atoms with Crippen LogP contribution in [0.1, 0.15) is 15.9 Å². The molecule has 0 spiro atoms. The third-order valence-corrected chi connectivity index (χ3v) is 1.96. The van der Waals surface area contributed by atoms with Crippen molar-refractivity contribution in [2.24, 2.45) is 5.11 Å². The third-order valence-electron chi connectivity index (χ3n) is 1.96. The van der Waals surface area contributed by atoms with E-state index < -0.39 is 5.97 Å². The quantitative estimate of drug-likeness (QED) is 0.199. The summed E-state index contributed by atoms with van der Waals surface area (Å²) in [6.45, 7) is 0. The van der Waals surface area contributed by atoms with Gasteiger partial charge in [-0.3, -0.25) is 4.79 Å². The van der Waals surface area contributed by atoms with Crippen LogP contribution in [0.5, 0.6) is 0 Å². The summed E-state index contributed by atoms with van der Waals surface area (Å²) in [5, 5.41) is 3.22. The zero-order valence-corrected chi connectivity index (χ0v) is 9.03. The first kappa shape index (κ1) is 12.5. The van der Waals surface area contributed by atoms with E-state index in [9.17, 15) is 9.59 Å². The van der Waals surface area contributed by atoms with Crippen LogP contribution in [0, 0.1) is 0 Å². The first-order valence-corrected chi connectivity index (χ1v) is 4.62. The topological polar surface area (TPSA) is 92.1 Å². The second-order valence-corrected chi connectivity index (χ2v) is 2.96. The molecule has 6 nitrogen and oxygen atoms in total. The normalized spacial score (nSPS) is 10.3. The van der Waals surface area contributed by atoms with Crippen LogP contribution in [0.25, 0.3) is 16.5 Å². The molecule has 0 bridgehead atoms. The molecule has 6 heteroatoms. The fourth-order valence-corrected chi connectivity index (χ4v) is 1.18. The Morgan fingerprint density at radius 2 is 2.06 bits per heavy atom. The second-order valence-electron chi connectivity index (χ2n) is 2.96. The minimum atomic E-state index is -0.761. The Balaban J connectivity index is 3.25. The number of ether oxygens (including phenoxy) is 1. The number of nitrogens with zero attached hydrogens (tertiary/aromatic N) is 3. The summed E-state index contributed by atoms with van der Waals surface area (Å²) in [5.41, 5.74) is 8.99. The molecule has 86 valence electrons. The second kappa shape index (κ2) is 6.09. The number of esters is 1. The lowest BCUT2D eigenvalue weighted by Crippen LogP contribution is -2.02. The van der Waals surface area contributed by atoms with Crippen LogP contribution in [0.3, 0.4) is 0 Å². The summed E-state index contributed by atoms with van der Waals surface area (Å²) < 4.78 is 4.45. The van der Waals surface area contributed by atoms with Gasteiger partial charge in [-0.15, -0.1) is 0 Å². The molecule has 0 aliphatic rings. The number of aldehydes is 1. The van der Waals surface area contributed by atoms with Crippen LogP contribution >= 0.6 is 0 Å². The molecule has 0 radical (unpaired) electrons. The molecule has 0 heterocycles. The van der Waals surface area contributed by atoms with Crippen molar-refractivity contribution in [3.63, 3.8) is 0 Å². The van der Waals surface area contributed by atoms with Gasteiger partial charge in [-0.25, -0.2) is 4.79 Å². The maximum atomic E-state index is 11.3. The van der Waals surface area contributed by atoms with Crippen LogP contribution in [0.4, 0.5) is 0 Å². The van der Waals surface area contributed by atoms with E-state index in [-0.39, 0.29) is 5.70 Å². The summed E-state index contributed by atoms with van der Waals surface area (Å²) in [7, 11) is 1.18. The molecule has 0 saturated heterocycles. The molecule has 0 amide bonds. The van der Waals surface area contributed by atoms with Gasteiger partial charge in [0.1, 0.15) is 5.70 Å². The van der Waals surface area contributed by atoms with Crippen LogP contribution in [0.15, 0.2) is 35.1 Å². The summed E-state index contributed by atoms with van der Waals surface area (Å²) >= 11 is 0.